The van der Waals surface area contributed by atoms with Crippen molar-refractivity contribution >= 4 is 28.3 Å². The average Bonchev–Trinajstić information content (AvgIpc) is 3.03. The molecule has 138 valence electrons. The van der Waals surface area contributed by atoms with Gasteiger partial charge < -0.3 is 4.57 Å². The molecule has 0 N–H and O–H groups in total. The van der Waals surface area contributed by atoms with Crippen molar-refractivity contribution in [3.05, 3.63) is 57.7 Å². The van der Waals surface area contributed by atoms with E-state index in [-0.39, 0.29) is 5.56 Å². The lowest BCUT2D eigenvalue weighted by molar-refractivity contribution is 0.590. The number of nitrogens with zero attached hydrogens (tertiary/aromatic N) is 5. The maximum absolute atomic E-state index is 13.3. The molecule has 0 unspecified atom stereocenters. The van der Waals surface area contributed by atoms with Gasteiger partial charge >= 0.3 is 0 Å². The maximum atomic E-state index is 13.3. The van der Waals surface area contributed by atoms with Crippen LogP contribution in [0, 0.1) is 6.92 Å². The number of fused-ring (bicyclic) bond motifs is 2. The van der Waals surface area contributed by atoms with E-state index in [2.05, 4.69) is 22.0 Å². The summed E-state index contributed by atoms with van der Waals surface area (Å²) in [5.41, 5.74) is 2.11. The number of benzene rings is 1. The number of pyridine rings is 1. The van der Waals surface area contributed by atoms with Gasteiger partial charge in [0.15, 0.2) is 0 Å². The molecular formula is C20H20ClN5O. The van der Waals surface area contributed by atoms with Gasteiger partial charge in [0.2, 0.25) is 0 Å². The van der Waals surface area contributed by atoms with E-state index in [1.807, 2.05) is 43.5 Å². The van der Waals surface area contributed by atoms with Gasteiger partial charge in [-0.15, -0.1) is 5.10 Å². The first-order chi connectivity index (χ1) is 13.1. The van der Waals surface area contributed by atoms with E-state index in [9.17, 15) is 4.79 Å². The number of unbranched alkanes of at least 4 members (excludes halogenated alkanes) is 2. The van der Waals surface area contributed by atoms with E-state index < -0.39 is 0 Å². The van der Waals surface area contributed by atoms with Gasteiger partial charge in [-0.25, -0.2) is 4.98 Å². The zero-order valence-corrected chi connectivity index (χ0v) is 16.1. The molecule has 4 aromatic rings. The number of hydrogen-bond donors (Lipinski definition) is 0. The Kier molecular flexibility index (Phi) is 4.66. The zero-order chi connectivity index (χ0) is 19.0. The molecular weight excluding hydrogens is 362 g/mol. The standard InChI is InChI=1S/C20H20ClN5O/c1-3-4-5-11-25-12-10-16-17(19(25)27)18(14-6-8-15(21)9-7-14)26-20(23-16)22-13(2)24-26/h6-10,12H,3-5,11H2,1-2H3. The Morgan fingerprint density at radius 1 is 1.07 bits per heavy atom. The average molecular weight is 382 g/mol. The summed E-state index contributed by atoms with van der Waals surface area (Å²) in [6.45, 7) is 4.65. The summed E-state index contributed by atoms with van der Waals surface area (Å²) in [7, 11) is 0. The number of halogens is 1. The molecule has 0 aliphatic carbocycles. The molecule has 3 heterocycles. The highest BCUT2D eigenvalue weighted by Gasteiger charge is 2.17. The second-order valence-electron chi connectivity index (χ2n) is 6.62. The fourth-order valence-corrected chi connectivity index (χ4v) is 3.43. The molecule has 0 saturated carbocycles. The number of hydrogen-bond acceptors (Lipinski definition) is 4. The fraction of sp³-hybridized carbons (Fsp3) is 0.300. The topological polar surface area (TPSA) is 65.1 Å². The first-order valence-electron chi connectivity index (χ1n) is 9.11. The summed E-state index contributed by atoms with van der Waals surface area (Å²) in [6, 6.07) is 9.28. The Hall–Kier alpha value is -2.73. The van der Waals surface area contributed by atoms with Crippen molar-refractivity contribution in [1.29, 1.82) is 0 Å². The Labute approximate surface area is 161 Å². The zero-order valence-electron chi connectivity index (χ0n) is 15.3. The Balaban J connectivity index is 2.03. The molecule has 0 radical (unpaired) electrons. The summed E-state index contributed by atoms with van der Waals surface area (Å²) in [5.74, 6) is 1.09. The molecule has 1 aromatic carbocycles. The lowest BCUT2D eigenvalue weighted by Crippen LogP contribution is -2.21. The molecule has 0 spiro atoms. The largest absolute Gasteiger partial charge is 0.315 e. The van der Waals surface area contributed by atoms with E-state index in [1.165, 1.54) is 0 Å². The molecule has 0 aliphatic heterocycles. The van der Waals surface area contributed by atoms with E-state index in [4.69, 9.17) is 11.6 Å². The minimum Gasteiger partial charge on any atom is -0.315 e. The van der Waals surface area contributed by atoms with Crippen LogP contribution in [0.3, 0.4) is 0 Å². The molecule has 0 aliphatic rings. The summed E-state index contributed by atoms with van der Waals surface area (Å²) < 4.78 is 3.41. The van der Waals surface area contributed by atoms with Gasteiger partial charge in [0.05, 0.1) is 16.6 Å². The number of aromatic nitrogens is 5. The van der Waals surface area contributed by atoms with Gasteiger partial charge in [0.1, 0.15) is 5.82 Å². The van der Waals surface area contributed by atoms with Gasteiger partial charge in [-0.05, 0) is 31.5 Å². The molecule has 27 heavy (non-hydrogen) atoms. The van der Waals surface area contributed by atoms with Crippen LogP contribution in [0.15, 0.2) is 41.3 Å². The lowest BCUT2D eigenvalue weighted by Gasteiger charge is -2.11. The van der Waals surface area contributed by atoms with Gasteiger partial charge in [-0.1, -0.05) is 43.5 Å². The third kappa shape index (κ3) is 3.21. The summed E-state index contributed by atoms with van der Waals surface area (Å²) >= 11 is 6.05. The van der Waals surface area contributed by atoms with E-state index in [0.717, 1.165) is 24.8 Å². The molecule has 0 bridgehead atoms. The van der Waals surface area contributed by atoms with Crippen LogP contribution in [-0.2, 0) is 6.54 Å². The van der Waals surface area contributed by atoms with Crippen molar-refractivity contribution in [2.45, 2.75) is 39.7 Å². The van der Waals surface area contributed by atoms with Gasteiger partial charge in [0, 0.05) is 23.3 Å². The number of rotatable bonds is 5. The summed E-state index contributed by atoms with van der Waals surface area (Å²) in [5, 5.41) is 5.66. The SMILES string of the molecule is CCCCCn1ccc2nc3nc(C)nn3c(-c3ccc(Cl)cc3)c2c1=O. The molecule has 6 nitrogen and oxygen atoms in total. The smallest absolute Gasteiger partial charge is 0.262 e. The van der Waals surface area contributed by atoms with Crippen LogP contribution in [-0.4, -0.2) is 24.1 Å². The Morgan fingerprint density at radius 3 is 2.59 bits per heavy atom. The van der Waals surface area contributed by atoms with E-state index in [1.54, 1.807) is 9.08 Å². The fourth-order valence-electron chi connectivity index (χ4n) is 3.30. The van der Waals surface area contributed by atoms with Crippen LogP contribution in [0.5, 0.6) is 0 Å². The molecule has 0 atom stereocenters. The third-order valence-corrected chi connectivity index (χ3v) is 4.88. The highest BCUT2D eigenvalue weighted by molar-refractivity contribution is 6.30. The van der Waals surface area contributed by atoms with Crippen molar-refractivity contribution in [2.75, 3.05) is 0 Å². The second-order valence-corrected chi connectivity index (χ2v) is 7.06. The predicted octanol–water partition coefficient (Wildman–Crippen LogP) is 4.26. The lowest BCUT2D eigenvalue weighted by atomic mass is 10.1. The quantitative estimate of drug-likeness (QED) is 0.484. The first kappa shape index (κ1) is 17.7. The first-order valence-corrected chi connectivity index (χ1v) is 9.48. The van der Waals surface area contributed by atoms with Crippen molar-refractivity contribution in [3.63, 3.8) is 0 Å². The summed E-state index contributed by atoms with van der Waals surface area (Å²) in [6.07, 6.45) is 4.99. The Morgan fingerprint density at radius 2 is 1.85 bits per heavy atom. The molecule has 3 aromatic heterocycles. The third-order valence-electron chi connectivity index (χ3n) is 4.63. The Bertz CT molecular complexity index is 1180. The molecule has 0 saturated heterocycles. The van der Waals surface area contributed by atoms with Crippen LogP contribution in [0.25, 0.3) is 27.9 Å². The van der Waals surface area contributed by atoms with Crippen molar-refractivity contribution in [3.8, 4) is 11.3 Å². The highest BCUT2D eigenvalue weighted by Crippen LogP contribution is 2.27. The molecule has 7 heteroatoms. The van der Waals surface area contributed by atoms with Gasteiger partial charge in [-0.2, -0.15) is 9.50 Å². The second kappa shape index (κ2) is 7.12. The minimum atomic E-state index is -0.0592. The van der Waals surface area contributed by atoms with Crippen molar-refractivity contribution in [1.82, 2.24) is 24.1 Å². The predicted molar refractivity (Wildman–Crippen MR) is 107 cm³/mol. The van der Waals surface area contributed by atoms with Crippen LogP contribution < -0.4 is 5.56 Å². The van der Waals surface area contributed by atoms with E-state index >= 15 is 0 Å². The van der Waals surface area contributed by atoms with E-state index in [0.29, 0.717) is 39.8 Å². The monoisotopic (exact) mass is 381 g/mol. The van der Waals surface area contributed by atoms with Crippen molar-refractivity contribution < 1.29 is 0 Å². The van der Waals surface area contributed by atoms with Crippen molar-refractivity contribution in [2.24, 2.45) is 0 Å². The number of aryl methyl sites for hydroxylation is 2. The minimum absolute atomic E-state index is 0.0592. The van der Waals surface area contributed by atoms with Crippen LogP contribution in [0.1, 0.15) is 32.0 Å². The van der Waals surface area contributed by atoms with Gasteiger partial charge in [0.25, 0.3) is 11.3 Å². The summed E-state index contributed by atoms with van der Waals surface area (Å²) in [4.78, 5) is 22.2. The maximum Gasteiger partial charge on any atom is 0.262 e. The van der Waals surface area contributed by atoms with Crippen LogP contribution in [0.2, 0.25) is 5.02 Å². The van der Waals surface area contributed by atoms with Crippen LogP contribution in [0.4, 0.5) is 0 Å². The normalized spacial score (nSPS) is 11.5. The molecule has 4 rings (SSSR count). The molecule has 0 amide bonds. The highest BCUT2D eigenvalue weighted by atomic mass is 35.5. The molecule has 0 fully saturated rings. The van der Waals surface area contributed by atoms with Gasteiger partial charge in [-0.3, -0.25) is 4.79 Å². The van der Waals surface area contributed by atoms with Crippen LogP contribution >= 0.6 is 11.6 Å².